The number of aromatic amines is 1. The molecule has 3 rings (SSSR count). The van der Waals surface area contributed by atoms with Crippen LogP contribution < -0.4 is 10.9 Å². The van der Waals surface area contributed by atoms with Gasteiger partial charge in [0.25, 0.3) is 5.56 Å². The maximum absolute atomic E-state index is 13.1. The van der Waals surface area contributed by atoms with Gasteiger partial charge in [-0.2, -0.15) is 0 Å². The molecule has 7 heteroatoms. The zero-order valence-corrected chi connectivity index (χ0v) is 16.6. The van der Waals surface area contributed by atoms with Gasteiger partial charge in [-0.3, -0.25) is 14.7 Å². The van der Waals surface area contributed by atoms with Crippen LogP contribution in [-0.4, -0.2) is 15.7 Å². The van der Waals surface area contributed by atoms with Crippen LogP contribution in [-0.2, 0) is 11.2 Å². The molecule has 0 aliphatic heterocycles. The number of anilines is 1. The number of nitrogens with zero attached hydrogens (tertiary/aromatic N) is 1. The molecule has 0 spiro atoms. The molecule has 0 unspecified atom stereocenters. The van der Waals surface area contributed by atoms with Crippen molar-refractivity contribution in [2.24, 2.45) is 0 Å². The predicted molar refractivity (Wildman–Crippen MR) is 107 cm³/mol. The van der Waals surface area contributed by atoms with E-state index in [0.717, 1.165) is 15.7 Å². The lowest BCUT2D eigenvalue weighted by molar-refractivity contribution is -0.116. The minimum atomic E-state index is -0.366. The third-order valence-electron chi connectivity index (χ3n) is 4.32. The minimum absolute atomic E-state index is 0.162. The summed E-state index contributed by atoms with van der Waals surface area (Å²) in [5.74, 6) is -0.528. The number of amides is 1. The topological polar surface area (TPSA) is 66.9 Å². The Morgan fingerprint density at radius 1 is 1.19 bits per heavy atom. The maximum Gasteiger partial charge on any atom is 0.274 e. The first kappa shape index (κ1) is 19.1. The smallest absolute Gasteiger partial charge is 0.274 e. The standard InChI is InChI=1S/C20H19BrFN3O2/c1-12-11-15(5-9-18(12)21)23-19(26)10-8-17-13(2)24-25(20(17)27)16-6-3-14(22)4-7-16/h3-7,9,11,24H,8,10H2,1-2H3,(H,23,26). The highest BCUT2D eigenvalue weighted by Crippen LogP contribution is 2.20. The Kier molecular flexibility index (Phi) is 5.60. The second-order valence-corrected chi connectivity index (χ2v) is 7.20. The second-order valence-electron chi connectivity index (χ2n) is 6.34. The van der Waals surface area contributed by atoms with E-state index in [-0.39, 0.29) is 23.7 Å². The Hall–Kier alpha value is -2.67. The van der Waals surface area contributed by atoms with Gasteiger partial charge in [-0.05, 0) is 68.3 Å². The van der Waals surface area contributed by atoms with Crippen LogP contribution in [0.2, 0.25) is 0 Å². The Labute approximate surface area is 164 Å². The van der Waals surface area contributed by atoms with Crippen LogP contribution >= 0.6 is 15.9 Å². The fraction of sp³-hybridized carbons (Fsp3) is 0.200. The van der Waals surface area contributed by atoms with E-state index in [1.165, 1.54) is 28.9 Å². The SMILES string of the molecule is Cc1cc(NC(=O)CCc2c(C)[nH]n(-c3ccc(F)cc3)c2=O)ccc1Br. The van der Waals surface area contributed by atoms with Crippen molar-refractivity contribution in [3.8, 4) is 5.69 Å². The molecular weight excluding hydrogens is 413 g/mol. The summed E-state index contributed by atoms with van der Waals surface area (Å²) in [5, 5.41) is 5.82. The van der Waals surface area contributed by atoms with Crippen LogP contribution in [0, 0.1) is 19.7 Å². The molecule has 0 fully saturated rings. The van der Waals surface area contributed by atoms with Crippen molar-refractivity contribution in [1.29, 1.82) is 0 Å². The first-order chi connectivity index (χ1) is 12.8. The fourth-order valence-corrected chi connectivity index (χ4v) is 3.08. The molecule has 0 atom stereocenters. The van der Waals surface area contributed by atoms with Gasteiger partial charge in [-0.15, -0.1) is 0 Å². The van der Waals surface area contributed by atoms with Gasteiger partial charge in [0.15, 0.2) is 0 Å². The van der Waals surface area contributed by atoms with E-state index in [0.29, 0.717) is 23.4 Å². The molecule has 5 nitrogen and oxygen atoms in total. The van der Waals surface area contributed by atoms with E-state index in [9.17, 15) is 14.0 Å². The van der Waals surface area contributed by atoms with Crippen molar-refractivity contribution in [3.63, 3.8) is 0 Å². The van der Waals surface area contributed by atoms with E-state index in [2.05, 4.69) is 26.3 Å². The largest absolute Gasteiger partial charge is 0.326 e. The van der Waals surface area contributed by atoms with Gasteiger partial charge >= 0.3 is 0 Å². The Balaban J connectivity index is 1.70. The first-order valence-electron chi connectivity index (χ1n) is 8.47. The summed E-state index contributed by atoms with van der Waals surface area (Å²) < 4.78 is 15.4. The number of carbonyl (C=O) groups excluding carboxylic acids is 1. The molecule has 1 heterocycles. The third-order valence-corrected chi connectivity index (χ3v) is 5.21. The summed E-state index contributed by atoms with van der Waals surface area (Å²) in [6.45, 7) is 3.73. The van der Waals surface area contributed by atoms with Gasteiger partial charge in [0.05, 0.1) is 5.69 Å². The number of carbonyl (C=O) groups is 1. The number of H-pyrrole nitrogens is 1. The molecule has 0 radical (unpaired) electrons. The van der Waals surface area contributed by atoms with Crippen molar-refractivity contribution in [3.05, 3.63) is 79.9 Å². The predicted octanol–water partition coefficient (Wildman–Crippen LogP) is 4.26. The lowest BCUT2D eigenvalue weighted by Gasteiger charge is -2.07. The number of benzene rings is 2. The number of rotatable bonds is 5. The highest BCUT2D eigenvalue weighted by Gasteiger charge is 2.14. The first-order valence-corrected chi connectivity index (χ1v) is 9.27. The minimum Gasteiger partial charge on any atom is -0.326 e. The van der Waals surface area contributed by atoms with Gasteiger partial charge in [0.2, 0.25) is 5.91 Å². The van der Waals surface area contributed by atoms with Gasteiger partial charge in [-0.1, -0.05) is 15.9 Å². The average molecular weight is 432 g/mol. The van der Waals surface area contributed by atoms with E-state index >= 15 is 0 Å². The number of aromatic nitrogens is 2. The van der Waals surface area contributed by atoms with E-state index in [1.54, 1.807) is 6.92 Å². The molecule has 27 heavy (non-hydrogen) atoms. The van der Waals surface area contributed by atoms with Gasteiger partial charge in [0.1, 0.15) is 5.82 Å². The third kappa shape index (κ3) is 4.36. The summed E-state index contributed by atoms with van der Waals surface area (Å²) in [5.41, 5.74) is 3.29. The van der Waals surface area contributed by atoms with Crippen LogP contribution in [0.1, 0.15) is 23.2 Å². The summed E-state index contributed by atoms with van der Waals surface area (Å²) >= 11 is 3.42. The average Bonchev–Trinajstić information content (AvgIpc) is 2.91. The number of halogens is 2. The number of hydrogen-bond acceptors (Lipinski definition) is 2. The Bertz CT molecular complexity index is 1040. The molecule has 1 aromatic heterocycles. The normalized spacial score (nSPS) is 10.8. The van der Waals surface area contributed by atoms with Gasteiger partial charge < -0.3 is 5.32 Å². The van der Waals surface area contributed by atoms with E-state index in [4.69, 9.17) is 0 Å². The highest BCUT2D eigenvalue weighted by atomic mass is 79.9. The number of aryl methyl sites for hydroxylation is 2. The monoisotopic (exact) mass is 431 g/mol. The van der Waals surface area contributed by atoms with Crippen molar-refractivity contribution < 1.29 is 9.18 Å². The molecule has 0 aliphatic carbocycles. The zero-order chi connectivity index (χ0) is 19.6. The van der Waals surface area contributed by atoms with Crippen LogP contribution in [0.3, 0.4) is 0 Å². The van der Waals surface area contributed by atoms with Crippen molar-refractivity contribution in [2.45, 2.75) is 26.7 Å². The molecule has 0 bridgehead atoms. The molecule has 0 saturated carbocycles. The lowest BCUT2D eigenvalue weighted by atomic mass is 10.1. The molecule has 0 saturated heterocycles. The Morgan fingerprint density at radius 3 is 2.56 bits per heavy atom. The fourth-order valence-electron chi connectivity index (χ4n) is 2.83. The van der Waals surface area contributed by atoms with Crippen molar-refractivity contribution in [2.75, 3.05) is 5.32 Å². The highest BCUT2D eigenvalue weighted by molar-refractivity contribution is 9.10. The summed E-state index contributed by atoms with van der Waals surface area (Å²) in [6.07, 6.45) is 0.503. The molecule has 1 amide bonds. The van der Waals surface area contributed by atoms with Crippen LogP contribution in [0.15, 0.2) is 51.7 Å². The molecule has 0 aliphatic rings. The molecule has 140 valence electrons. The van der Waals surface area contributed by atoms with Crippen LogP contribution in [0.4, 0.5) is 10.1 Å². The molecule has 2 N–H and O–H groups in total. The van der Waals surface area contributed by atoms with Crippen molar-refractivity contribution in [1.82, 2.24) is 9.78 Å². The second kappa shape index (κ2) is 7.92. The van der Waals surface area contributed by atoms with Gasteiger partial charge in [0, 0.05) is 27.8 Å². The zero-order valence-electron chi connectivity index (χ0n) is 15.0. The molecular formula is C20H19BrFN3O2. The lowest BCUT2D eigenvalue weighted by Crippen LogP contribution is -2.19. The summed E-state index contributed by atoms with van der Waals surface area (Å²) in [4.78, 5) is 24.9. The van der Waals surface area contributed by atoms with Crippen LogP contribution in [0.25, 0.3) is 5.69 Å². The summed E-state index contributed by atoms with van der Waals surface area (Å²) in [6, 6.07) is 11.2. The van der Waals surface area contributed by atoms with Crippen molar-refractivity contribution >= 4 is 27.5 Å². The number of hydrogen-bond donors (Lipinski definition) is 2. The quantitative estimate of drug-likeness (QED) is 0.633. The number of nitrogens with one attached hydrogen (secondary N) is 2. The van der Waals surface area contributed by atoms with Crippen LogP contribution in [0.5, 0.6) is 0 Å². The molecule has 3 aromatic rings. The van der Waals surface area contributed by atoms with E-state index in [1.807, 2.05) is 25.1 Å². The summed E-state index contributed by atoms with van der Waals surface area (Å²) in [7, 11) is 0. The van der Waals surface area contributed by atoms with Gasteiger partial charge in [-0.25, -0.2) is 9.07 Å². The molecule has 2 aromatic carbocycles. The van der Waals surface area contributed by atoms with E-state index < -0.39 is 0 Å². The Morgan fingerprint density at radius 2 is 1.89 bits per heavy atom. The maximum atomic E-state index is 13.1.